The van der Waals surface area contributed by atoms with E-state index in [1.54, 1.807) is 32.2 Å². The second-order valence-corrected chi connectivity index (χ2v) is 21.7. The zero-order valence-corrected chi connectivity index (χ0v) is 44.5. The van der Waals surface area contributed by atoms with Crippen LogP contribution in [0, 0.1) is 27.9 Å². The van der Waals surface area contributed by atoms with E-state index in [0.29, 0.717) is 17.7 Å². The molecule has 1 aromatic heterocycles. The lowest BCUT2D eigenvalue weighted by molar-refractivity contribution is -0.385. The zero-order chi connectivity index (χ0) is 54.5. The molecule has 6 amide bonds. The molecule has 4 heterocycles. The highest BCUT2D eigenvalue weighted by Crippen LogP contribution is 2.37. The lowest BCUT2D eigenvalue weighted by atomic mass is 9.92. The number of hydrogen-bond acceptors (Lipinski definition) is 11. The summed E-state index contributed by atoms with van der Waals surface area (Å²) in [6.07, 6.45) is 6.63. The molecule has 2 bridgehead atoms. The molecule has 8 atom stereocenters. The van der Waals surface area contributed by atoms with Crippen molar-refractivity contribution < 1.29 is 48.3 Å². The minimum atomic E-state index is -1.39. The van der Waals surface area contributed by atoms with Crippen molar-refractivity contribution in [2.45, 2.75) is 155 Å². The minimum Gasteiger partial charge on any atom is -0.502 e. The van der Waals surface area contributed by atoms with Gasteiger partial charge in [-0.15, -0.1) is 0 Å². The molecule has 0 saturated carbocycles. The summed E-state index contributed by atoms with van der Waals surface area (Å²) < 4.78 is 7.87. The molecule has 74 heavy (non-hydrogen) atoms. The molecule has 19 nitrogen and oxygen atoms in total. The number of aromatic hydroxyl groups is 1. The van der Waals surface area contributed by atoms with E-state index in [2.05, 4.69) is 34.4 Å². The normalized spacial score (nSPS) is 25.3. The van der Waals surface area contributed by atoms with Gasteiger partial charge in [0.1, 0.15) is 36.3 Å². The first kappa shape index (κ1) is 56.4. The number of nitro groups is 1. The van der Waals surface area contributed by atoms with Gasteiger partial charge in [0.25, 0.3) is 0 Å². The molecule has 3 aromatic rings. The van der Waals surface area contributed by atoms with Crippen molar-refractivity contribution >= 4 is 57.8 Å². The molecule has 4 N–H and O–H groups in total. The van der Waals surface area contributed by atoms with Gasteiger partial charge in [-0.05, 0) is 94.9 Å². The zero-order valence-electron chi connectivity index (χ0n) is 44.5. The number of likely N-dealkylation sites (N-methyl/N-ethyl adjacent to an activating group) is 2. The van der Waals surface area contributed by atoms with Crippen molar-refractivity contribution in [3.05, 3.63) is 93.8 Å². The van der Waals surface area contributed by atoms with Crippen molar-refractivity contribution in [2.24, 2.45) is 17.8 Å². The number of Topliss-reactive ketones (excluding diaryl/α,β-unsaturated/α-hetero) is 1. The number of benzene rings is 2. The van der Waals surface area contributed by atoms with Gasteiger partial charge in [-0.25, -0.2) is 0 Å². The molecule has 19 heteroatoms. The van der Waals surface area contributed by atoms with E-state index >= 15 is 4.79 Å². The molecule has 2 aromatic carbocycles. The maximum Gasteiger partial charge on any atom is 0.310 e. The predicted molar refractivity (Wildman–Crippen MR) is 278 cm³/mol. The summed E-state index contributed by atoms with van der Waals surface area (Å²) in [5, 5.41) is 31.7. The second-order valence-electron chi connectivity index (χ2n) is 21.7. The number of hydrogen-bond donors (Lipinski definition) is 4. The first-order valence-corrected chi connectivity index (χ1v) is 25.6. The number of nitro benzene ring substituents is 1. The molecule has 6 rings (SSSR count). The first-order chi connectivity index (χ1) is 34.8. The minimum absolute atomic E-state index is 0.0205. The largest absolute Gasteiger partial charge is 0.502 e. The van der Waals surface area contributed by atoms with Crippen LogP contribution in [0.3, 0.4) is 0 Å². The van der Waals surface area contributed by atoms with E-state index in [0.717, 1.165) is 23.0 Å². The number of amides is 6. The first-order valence-electron chi connectivity index (χ1n) is 25.6. The van der Waals surface area contributed by atoms with Crippen molar-refractivity contribution in [3.8, 4) is 5.75 Å². The van der Waals surface area contributed by atoms with E-state index in [1.165, 1.54) is 41.8 Å². The van der Waals surface area contributed by atoms with Gasteiger partial charge in [0.15, 0.2) is 11.5 Å². The van der Waals surface area contributed by atoms with Crippen LogP contribution in [-0.4, -0.2) is 134 Å². The van der Waals surface area contributed by atoms with Crippen molar-refractivity contribution in [1.82, 2.24) is 35.2 Å². The number of aromatic nitrogens is 1. The van der Waals surface area contributed by atoms with E-state index < -0.39 is 112 Å². The summed E-state index contributed by atoms with van der Waals surface area (Å²) >= 11 is 0. The summed E-state index contributed by atoms with van der Waals surface area (Å²) in [6, 6.07) is 3.95. The van der Waals surface area contributed by atoms with Gasteiger partial charge in [0.05, 0.1) is 23.1 Å². The Morgan fingerprint density at radius 2 is 1.45 bits per heavy atom. The number of epoxide rings is 1. The lowest BCUT2D eigenvalue weighted by Gasteiger charge is -2.39. The summed E-state index contributed by atoms with van der Waals surface area (Å²) in [4.78, 5) is 118. The number of ether oxygens (including phenoxy) is 1. The van der Waals surface area contributed by atoms with Crippen LogP contribution in [0.1, 0.15) is 106 Å². The van der Waals surface area contributed by atoms with Gasteiger partial charge in [-0.2, -0.15) is 0 Å². The second kappa shape index (κ2) is 23.5. The Labute approximate surface area is 433 Å². The highest BCUT2D eigenvalue weighted by Gasteiger charge is 2.44. The molecule has 0 unspecified atom stereocenters. The van der Waals surface area contributed by atoms with Crippen LogP contribution >= 0.6 is 0 Å². The number of nitrogens with one attached hydrogen (secondary N) is 3. The van der Waals surface area contributed by atoms with Crippen LogP contribution in [0.5, 0.6) is 5.75 Å². The highest BCUT2D eigenvalue weighted by molar-refractivity contribution is 5.99. The van der Waals surface area contributed by atoms with Crippen LogP contribution < -0.4 is 16.0 Å². The number of carbonyl (C=O) groups is 7. The molecule has 400 valence electrons. The molecule has 3 aliphatic heterocycles. The molecule has 2 saturated heterocycles. The monoisotopic (exact) mass is 1020 g/mol. The predicted octanol–water partition coefficient (Wildman–Crippen LogP) is 5.45. The van der Waals surface area contributed by atoms with Crippen LogP contribution in [0.15, 0.2) is 72.6 Å². The van der Waals surface area contributed by atoms with Crippen molar-refractivity contribution in [1.29, 1.82) is 0 Å². The fraction of sp³-hybridized carbons (Fsp3) is 0.545. The van der Waals surface area contributed by atoms with E-state index in [-0.39, 0.29) is 62.0 Å². The molecule has 0 radical (unpaired) electrons. The fourth-order valence-corrected chi connectivity index (χ4v) is 10.1. The number of rotatable bonds is 13. The third-order valence-electron chi connectivity index (χ3n) is 14.5. The number of carbonyl (C=O) groups excluding carboxylic acids is 7. The lowest BCUT2D eigenvalue weighted by Crippen LogP contribution is -2.60. The quantitative estimate of drug-likeness (QED) is 0.0725. The summed E-state index contributed by atoms with van der Waals surface area (Å²) in [7, 11) is 2.91. The Bertz CT molecular complexity index is 2700. The Balaban J connectivity index is 1.50. The van der Waals surface area contributed by atoms with E-state index in [4.69, 9.17) is 4.74 Å². The number of fused-ring (bicyclic) bond motifs is 3. The molecule has 0 aliphatic carbocycles. The van der Waals surface area contributed by atoms with Crippen LogP contribution in [-0.2, 0) is 56.7 Å². The number of allylic oxidation sites excluding steroid dienone is 1. The van der Waals surface area contributed by atoms with Gasteiger partial charge < -0.3 is 45.1 Å². The fourth-order valence-electron chi connectivity index (χ4n) is 10.1. The maximum absolute atomic E-state index is 15.4. The van der Waals surface area contributed by atoms with Gasteiger partial charge in [0, 0.05) is 62.2 Å². The third kappa shape index (κ3) is 12.9. The van der Waals surface area contributed by atoms with E-state index in [1.807, 2.05) is 58.2 Å². The van der Waals surface area contributed by atoms with Crippen LogP contribution in [0.4, 0.5) is 5.69 Å². The molecule has 2 fully saturated rings. The van der Waals surface area contributed by atoms with Crippen molar-refractivity contribution in [2.75, 3.05) is 20.7 Å². The Kier molecular flexibility index (Phi) is 17.9. The van der Waals surface area contributed by atoms with Crippen LogP contribution in [0.25, 0.3) is 10.9 Å². The number of phenolic OH excluding ortho intramolecular Hbond substituents is 1. The van der Waals surface area contributed by atoms with Gasteiger partial charge >= 0.3 is 5.69 Å². The Morgan fingerprint density at radius 1 is 0.824 bits per heavy atom. The highest BCUT2D eigenvalue weighted by atomic mass is 16.6. The number of para-hydroxylation sites is 1. The molecule has 0 spiro atoms. The molecular formula is C55H74N8O11. The molecule has 3 aliphatic rings. The summed E-state index contributed by atoms with van der Waals surface area (Å²) in [6.45, 7) is 17.3. The average Bonchev–Trinajstić information content (AvgIpc) is 4.15. The van der Waals surface area contributed by atoms with E-state index in [9.17, 15) is 44.0 Å². The smallest absolute Gasteiger partial charge is 0.310 e. The Hall–Kier alpha value is -6.89. The number of phenols is 1. The Morgan fingerprint density at radius 3 is 2.08 bits per heavy atom. The summed E-state index contributed by atoms with van der Waals surface area (Å²) in [5.41, 5.74) is 1.40. The number of nitrogens with zero attached hydrogens (tertiary/aromatic N) is 5. The standard InChI is InChI=1S/C55H74N8O11/c1-12-13-17-38-49(66)58-40(27-36-29-62(55(8,9)48-30-74-48)41-18-15-14-16-37(36)41)53(70)59(10)43(21-31(2)3)50(67)57-39(25-35-19-20-46(64)42(26-35)63(72)73)47(65)24-34(7)52(69)60(11)45-23-33(6)28-61(54(45)71)44(22-32(4)5)51(68)56-38/h12-16,18-20,26,28-29,31-32,34,38-40,43-45,48,64H,17,21-25,27,30H2,1-11H3,(H,56,68)(H,57,67)(H,58,66)/b13-12+/t34-,38+,39+,40+,43+,44+,45+,48-/m1/s1. The third-order valence-corrected chi connectivity index (χ3v) is 14.5. The average molecular weight is 1020 g/mol. The maximum atomic E-state index is 15.4. The summed E-state index contributed by atoms with van der Waals surface area (Å²) in [5.74, 6) is -6.34. The van der Waals surface area contributed by atoms with Gasteiger partial charge in [-0.1, -0.05) is 76.6 Å². The number of ketones is 1. The van der Waals surface area contributed by atoms with Gasteiger partial charge in [0.2, 0.25) is 35.4 Å². The van der Waals surface area contributed by atoms with Gasteiger partial charge in [-0.3, -0.25) is 43.7 Å². The van der Waals surface area contributed by atoms with Crippen LogP contribution in [0.2, 0.25) is 0 Å². The molecular weight excluding hydrogens is 949 g/mol. The SMILES string of the molecule is C/C=C/C[C@@H]1NC(=O)[C@H](CC(C)C)N2C=C(C)C[C@@H](C2=O)N(C)C(=O)[C@H](C)CC(=O)[C@H](Cc2ccc(O)c([N+](=O)[O-])c2)NC(=O)[C@H](CC(C)C)N(C)C(=O)[C@H](Cc2cn(C(C)(C)[C@H]3CO3)c3ccccc23)NC1=O. The topological polar surface area (TPSA) is 246 Å². The van der Waals surface area contributed by atoms with Crippen molar-refractivity contribution in [3.63, 3.8) is 0 Å².